The second-order valence-electron chi connectivity index (χ2n) is 3.23. The van der Waals surface area contributed by atoms with Crippen molar-refractivity contribution in [2.45, 2.75) is 25.6 Å². The van der Waals surface area contributed by atoms with Crippen LogP contribution in [0.5, 0.6) is 0 Å². The molecule has 68 valence electrons. The topological polar surface area (TPSA) is 40.5 Å². The average molecular weight is 251 g/mol. The van der Waals surface area contributed by atoms with Gasteiger partial charge < -0.3 is 10.2 Å². The van der Waals surface area contributed by atoms with Crippen LogP contribution < -0.4 is 0 Å². The Hall–Kier alpha value is 0.100. The van der Waals surface area contributed by atoms with Gasteiger partial charge in [-0.1, -0.05) is 0 Å². The largest absolute Gasteiger partial charge is 0.387 e. The highest BCUT2D eigenvalue weighted by atomic mass is 79.9. The minimum atomic E-state index is -1.09. The Kier molecular flexibility index (Phi) is 2.93. The maximum atomic E-state index is 9.65. The molecule has 0 aliphatic carbocycles. The van der Waals surface area contributed by atoms with Crippen molar-refractivity contribution in [2.75, 3.05) is 0 Å². The van der Waals surface area contributed by atoms with E-state index in [0.29, 0.717) is 0 Å². The van der Waals surface area contributed by atoms with Gasteiger partial charge in [0.2, 0.25) is 0 Å². The Bertz CT molecular complexity index is 264. The van der Waals surface area contributed by atoms with E-state index in [1.54, 1.807) is 13.8 Å². The van der Waals surface area contributed by atoms with E-state index in [1.165, 1.54) is 11.3 Å². The fraction of sp³-hybridized carbons (Fsp3) is 0.500. The molecule has 0 aliphatic rings. The molecule has 1 rings (SSSR count). The molecule has 1 aromatic heterocycles. The minimum absolute atomic E-state index is 0.743. The van der Waals surface area contributed by atoms with Gasteiger partial charge >= 0.3 is 0 Å². The Balaban J connectivity index is 2.92. The number of hydrogen-bond donors (Lipinski definition) is 2. The van der Waals surface area contributed by atoms with Crippen molar-refractivity contribution < 1.29 is 10.2 Å². The van der Waals surface area contributed by atoms with Crippen LogP contribution in [0.2, 0.25) is 0 Å². The third kappa shape index (κ3) is 2.07. The maximum Gasteiger partial charge on any atom is 0.109 e. The van der Waals surface area contributed by atoms with Gasteiger partial charge in [-0.15, -0.1) is 0 Å². The van der Waals surface area contributed by atoms with Crippen molar-refractivity contribution in [3.05, 3.63) is 20.8 Å². The molecule has 4 heteroatoms. The lowest BCUT2D eigenvalue weighted by Gasteiger charge is -2.24. The van der Waals surface area contributed by atoms with Gasteiger partial charge in [-0.2, -0.15) is 11.3 Å². The van der Waals surface area contributed by atoms with Crippen LogP contribution in [0.1, 0.15) is 25.5 Å². The van der Waals surface area contributed by atoms with Crippen LogP contribution >= 0.6 is 27.3 Å². The summed E-state index contributed by atoms with van der Waals surface area (Å²) in [7, 11) is 0. The van der Waals surface area contributed by atoms with Gasteiger partial charge in [-0.05, 0) is 35.2 Å². The third-order valence-corrected chi connectivity index (χ3v) is 3.36. The molecule has 0 aliphatic heterocycles. The summed E-state index contributed by atoms with van der Waals surface area (Å²) in [6.45, 7) is 3.17. The van der Waals surface area contributed by atoms with Crippen LogP contribution in [0.25, 0.3) is 0 Å². The number of rotatable bonds is 2. The fourth-order valence-electron chi connectivity index (χ4n) is 0.867. The maximum absolute atomic E-state index is 9.65. The van der Waals surface area contributed by atoms with Gasteiger partial charge in [0, 0.05) is 15.4 Å². The average Bonchev–Trinajstić information content (AvgIpc) is 2.31. The first-order valence-electron chi connectivity index (χ1n) is 3.55. The molecule has 2 nitrogen and oxygen atoms in total. The lowest BCUT2D eigenvalue weighted by atomic mass is 9.97. The monoisotopic (exact) mass is 250 g/mol. The SMILES string of the molecule is CC(C)(O)C(O)c1cscc1Br. The van der Waals surface area contributed by atoms with E-state index >= 15 is 0 Å². The molecule has 1 atom stereocenters. The molecule has 0 aromatic carbocycles. The van der Waals surface area contributed by atoms with Crippen LogP contribution in [0.4, 0.5) is 0 Å². The highest BCUT2D eigenvalue weighted by molar-refractivity contribution is 9.10. The number of thiophene rings is 1. The summed E-state index contributed by atoms with van der Waals surface area (Å²) in [4.78, 5) is 0. The fourth-order valence-corrected chi connectivity index (χ4v) is 2.40. The lowest BCUT2D eigenvalue weighted by Crippen LogP contribution is -2.28. The van der Waals surface area contributed by atoms with E-state index < -0.39 is 11.7 Å². The summed E-state index contributed by atoms with van der Waals surface area (Å²) in [5.41, 5.74) is -0.351. The van der Waals surface area contributed by atoms with E-state index in [-0.39, 0.29) is 0 Å². The molecule has 2 N–H and O–H groups in total. The first kappa shape index (κ1) is 10.2. The Morgan fingerprint density at radius 1 is 1.50 bits per heavy atom. The molecule has 0 saturated heterocycles. The number of halogens is 1. The molecule has 0 radical (unpaired) electrons. The molecule has 1 aromatic rings. The predicted molar refractivity (Wildman–Crippen MR) is 53.3 cm³/mol. The van der Waals surface area contributed by atoms with Crippen LogP contribution in [0.3, 0.4) is 0 Å². The van der Waals surface area contributed by atoms with E-state index in [1.807, 2.05) is 10.8 Å². The molecule has 0 spiro atoms. The van der Waals surface area contributed by atoms with Gasteiger partial charge in [-0.3, -0.25) is 0 Å². The molecule has 0 fully saturated rings. The molecule has 0 bridgehead atoms. The zero-order valence-corrected chi connectivity index (χ0v) is 9.32. The Morgan fingerprint density at radius 2 is 2.08 bits per heavy atom. The van der Waals surface area contributed by atoms with Crippen LogP contribution in [-0.4, -0.2) is 15.8 Å². The summed E-state index contributed by atoms with van der Waals surface area (Å²) in [6, 6.07) is 0. The Morgan fingerprint density at radius 3 is 2.42 bits per heavy atom. The standard InChI is InChI=1S/C8H11BrO2S/c1-8(2,11)7(10)5-3-12-4-6(5)9/h3-4,7,10-11H,1-2H3. The van der Waals surface area contributed by atoms with Crippen molar-refractivity contribution in [3.63, 3.8) is 0 Å². The molecular weight excluding hydrogens is 240 g/mol. The zero-order chi connectivity index (χ0) is 9.35. The van der Waals surface area contributed by atoms with E-state index in [2.05, 4.69) is 15.9 Å². The van der Waals surface area contributed by atoms with Crippen molar-refractivity contribution >= 4 is 27.3 Å². The molecule has 0 amide bonds. The van der Waals surface area contributed by atoms with Crippen molar-refractivity contribution in [3.8, 4) is 0 Å². The summed E-state index contributed by atoms with van der Waals surface area (Å²) < 4.78 is 0.849. The second-order valence-corrected chi connectivity index (χ2v) is 4.83. The minimum Gasteiger partial charge on any atom is -0.387 e. The highest BCUT2D eigenvalue weighted by Crippen LogP contribution is 2.33. The quantitative estimate of drug-likeness (QED) is 0.846. The van der Waals surface area contributed by atoms with Gasteiger partial charge in [-0.25, -0.2) is 0 Å². The summed E-state index contributed by atoms with van der Waals surface area (Å²) in [5, 5.41) is 22.9. The third-order valence-electron chi connectivity index (χ3n) is 1.61. The smallest absolute Gasteiger partial charge is 0.109 e. The van der Waals surface area contributed by atoms with Crippen molar-refractivity contribution in [1.82, 2.24) is 0 Å². The van der Waals surface area contributed by atoms with E-state index in [4.69, 9.17) is 0 Å². The number of aliphatic hydroxyl groups is 2. The summed E-state index contributed by atoms with van der Waals surface area (Å²) in [6.07, 6.45) is -0.835. The van der Waals surface area contributed by atoms with E-state index in [0.717, 1.165) is 10.0 Å². The van der Waals surface area contributed by atoms with Gasteiger partial charge in [0.1, 0.15) is 6.10 Å². The number of aliphatic hydroxyl groups excluding tert-OH is 1. The van der Waals surface area contributed by atoms with Crippen LogP contribution in [0, 0.1) is 0 Å². The van der Waals surface area contributed by atoms with Gasteiger partial charge in [0.15, 0.2) is 0 Å². The van der Waals surface area contributed by atoms with E-state index in [9.17, 15) is 10.2 Å². The zero-order valence-electron chi connectivity index (χ0n) is 6.91. The summed E-state index contributed by atoms with van der Waals surface area (Å²) >= 11 is 4.79. The molecule has 12 heavy (non-hydrogen) atoms. The lowest BCUT2D eigenvalue weighted by molar-refractivity contribution is -0.0498. The molecule has 0 saturated carbocycles. The molecule has 1 heterocycles. The van der Waals surface area contributed by atoms with Crippen LogP contribution in [0.15, 0.2) is 15.2 Å². The first-order valence-corrected chi connectivity index (χ1v) is 5.28. The predicted octanol–water partition coefficient (Wildman–Crippen LogP) is 2.31. The van der Waals surface area contributed by atoms with Crippen molar-refractivity contribution in [2.24, 2.45) is 0 Å². The van der Waals surface area contributed by atoms with Crippen LogP contribution in [-0.2, 0) is 0 Å². The highest BCUT2D eigenvalue weighted by Gasteiger charge is 2.27. The van der Waals surface area contributed by atoms with Crippen molar-refractivity contribution in [1.29, 1.82) is 0 Å². The number of hydrogen-bond acceptors (Lipinski definition) is 3. The normalized spacial score (nSPS) is 14.8. The summed E-state index contributed by atoms with van der Waals surface area (Å²) in [5.74, 6) is 0. The van der Waals surface area contributed by atoms with Gasteiger partial charge in [0.05, 0.1) is 5.60 Å². The molecule has 1 unspecified atom stereocenters. The second kappa shape index (κ2) is 3.46. The first-order chi connectivity index (χ1) is 5.43. The van der Waals surface area contributed by atoms with Gasteiger partial charge in [0.25, 0.3) is 0 Å². The Labute approximate surface area is 84.0 Å². The molecular formula is C8H11BrO2S.